The maximum absolute atomic E-state index is 12.0. The van der Waals surface area contributed by atoms with Gasteiger partial charge in [-0.25, -0.2) is 8.42 Å². The summed E-state index contributed by atoms with van der Waals surface area (Å²) in [5.41, 5.74) is 0.527. The molecule has 0 aromatic carbocycles. The lowest BCUT2D eigenvalue weighted by Crippen LogP contribution is -2.43. The lowest BCUT2D eigenvalue weighted by molar-refractivity contribution is 0.0954. The van der Waals surface area contributed by atoms with Crippen LogP contribution in [0.2, 0.25) is 0 Å². The molecule has 0 aliphatic heterocycles. The molecule has 5 nitrogen and oxygen atoms in total. The summed E-state index contributed by atoms with van der Waals surface area (Å²) in [6.45, 7) is 2.86. The lowest BCUT2D eigenvalue weighted by atomic mass is 10.2. The fourth-order valence-electron chi connectivity index (χ4n) is 1.22. The van der Waals surface area contributed by atoms with Gasteiger partial charge in [0.25, 0.3) is 5.91 Å². The smallest absolute Gasteiger partial charge is 0.262 e. The quantitative estimate of drug-likeness (QED) is 0.799. The molecule has 0 bridgehead atoms. The van der Waals surface area contributed by atoms with Crippen molar-refractivity contribution < 1.29 is 18.3 Å². The molecule has 0 spiro atoms. The molecular formula is C13H17NO4S2. The van der Waals surface area contributed by atoms with Crippen molar-refractivity contribution in [2.75, 3.05) is 19.4 Å². The third kappa shape index (κ3) is 4.07. The SMILES string of the molecule is CC(C)(CNC(=O)c1sccc1C#CCO)S(C)(=O)=O. The summed E-state index contributed by atoms with van der Waals surface area (Å²) in [5, 5.41) is 13.0. The number of carbonyl (C=O) groups excluding carboxylic acids is 1. The predicted molar refractivity (Wildman–Crippen MR) is 79.5 cm³/mol. The molecular weight excluding hydrogens is 298 g/mol. The van der Waals surface area contributed by atoms with Crippen molar-refractivity contribution in [2.24, 2.45) is 0 Å². The number of carbonyl (C=O) groups is 1. The summed E-state index contributed by atoms with van der Waals surface area (Å²) in [6.07, 6.45) is 1.14. The van der Waals surface area contributed by atoms with E-state index in [-0.39, 0.29) is 19.1 Å². The molecule has 0 atom stereocenters. The standard InChI is InChI=1S/C13H17NO4S2/c1-13(2,20(3,17)18)9-14-12(16)11-10(5-4-7-15)6-8-19-11/h6,8,15H,7,9H2,1-3H3,(H,14,16). The van der Waals surface area contributed by atoms with Crippen LogP contribution in [-0.4, -0.2) is 43.6 Å². The highest BCUT2D eigenvalue weighted by molar-refractivity contribution is 7.92. The van der Waals surface area contributed by atoms with Gasteiger partial charge in [0.15, 0.2) is 9.84 Å². The van der Waals surface area contributed by atoms with Crippen LogP contribution in [0, 0.1) is 11.8 Å². The second-order valence-corrected chi connectivity index (χ2v) is 8.40. The number of rotatable bonds is 4. The first-order valence-electron chi connectivity index (χ1n) is 5.84. The minimum atomic E-state index is -3.26. The van der Waals surface area contributed by atoms with Gasteiger partial charge in [0.1, 0.15) is 11.5 Å². The van der Waals surface area contributed by atoms with Crippen molar-refractivity contribution in [3.8, 4) is 11.8 Å². The highest BCUT2D eigenvalue weighted by Crippen LogP contribution is 2.17. The minimum absolute atomic E-state index is 0.0232. The van der Waals surface area contributed by atoms with Crippen molar-refractivity contribution in [2.45, 2.75) is 18.6 Å². The highest BCUT2D eigenvalue weighted by atomic mass is 32.2. The number of hydrogen-bond acceptors (Lipinski definition) is 5. The molecule has 1 aromatic heterocycles. The van der Waals surface area contributed by atoms with Crippen LogP contribution >= 0.6 is 11.3 Å². The van der Waals surface area contributed by atoms with Crippen LogP contribution in [-0.2, 0) is 9.84 Å². The van der Waals surface area contributed by atoms with Gasteiger partial charge in [0.05, 0.1) is 4.75 Å². The van der Waals surface area contributed by atoms with Gasteiger partial charge in [0, 0.05) is 18.4 Å². The zero-order valence-electron chi connectivity index (χ0n) is 11.6. The number of nitrogens with one attached hydrogen (secondary N) is 1. The van der Waals surface area contributed by atoms with Gasteiger partial charge >= 0.3 is 0 Å². The molecule has 1 heterocycles. The third-order valence-electron chi connectivity index (χ3n) is 2.85. The number of sulfone groups is 1. The average molecular weight is 315 g/mol. The molecule has 0 aliphatic carbocycles. The Morgan fingerprint density at radius 1 is 1.50 bits per heavy atom. The van der Waals surface area contributed by atoms with E-state index in [1.165, 1.54) is 11.3 Å². The van der Waals surface area contributed by atoms with Gasteiger partial charge in [-0.15, -0.1) is 11.3 Å². The number of aliphatic hydroxyl groups excluding tert-OH is 1. The molecule has 0 saturated heterocycles. The van der Waals surface area contributed by atoms with Crippen molar-refractivity contribution in [3.05, 3.63) is 21.9 Å². The molecule has 110 valence electrons. The van der Waals surface area contributed by atoms with E-state index in [9.17, 15) is 13.2 Å². The van der Waals surface area contributed by atoms with Gasteiger partial charge in [-0.2, -0.15) is 0 Å². The van der Waals surface area contributed by atoms with Gasteiger partial charge < -0.3 is 10.4 Å². The monoisotopic (exact) mass is 315 g/mol. The van der Waals surface area contributed by atoms with Crippen LogP contribution < -0.4 is 5.32 Å². The maximum atomic E-state index is 12.0. The first-order valence-corrected chi connectivity index (χ1v) is 8.61. The molecule has 1 aromatic rings. The summed E-state index contributed by atoms with van der Waals surface area (Å²) < 4.78 is 22.1. The number of aliphatic hydroxyl groups is 1. The second kappa shape index (κ2) is 6.39. The van der Waals surface area contributed by atoms with E-state index in [0.717, 1.165) is 6.26 Å². The Hall–Kier alpha value is -1.36. The third-order valence-corrected chi connectivity index (χ3v) is 5.92. The normalized spacial score (nSPS) is 11.6. The Bertz CT molecular complexity index is 647. The number of hydrogen-bond donors (Lipinski definition) is 2. The topological polar surface area (TPSA) is 83.5 Å². The summed E-state index contributed by atoms with van der Waals surface area (Å²) in [5.74, 6) is 4.80. The molecule has 0 saturated carbocycles. The van der Waals surface area contributed by atoms with Crippen molar-refractivity contribution in [3.63, 3.8) is 0 Å². The van der Waals surface area contributed by atoms with Crippen molar-refractivity contribution in [1.82, 2.24) is 5.32 Å². The maximum Gasteiger partial charge on any atom is 0.262 e. The Morgan fingerprint density at radius 2 is 2.15 bits per heavy atom. The highest BCUT2D eigenvalue weighted by Gasteiger charge is 2.30. The van der Waals surface area contributed by atoms with E-state index in [2.05, 4.69) is 17.2 Å². The van der Waals surface area contributed by atoms with Crippen LogP contribution in [0.15, 0.2) is 11.4 Å². The molecule has 0 fully saturated rings. The first kappa shape index (κ1) is 16.7. The average Bonchev–Trinajstić information content (AvgIpc) is 2.80. The van der Waals surface area contributed by atoms with E-state index in [1.54, 1.807) is 25.3 Å². The molecule has 7 heteroatoms. The van der Waals surface area contributed by atoms with Crippen LogP contribution in [0.25, 0.3) is 0 Å². The Labute approximate surface area is 122 Å². The van der Waals surface area contributed by atoms with Gasteiger partial charge in [-0.3, -0.25) is 4.79 Å². The number of amides is 1. The van der Waals surface area contributed by atoms with Crippen molar-refractivity contribution in [1.29, 1.82) is 0 Å². The molecule has 0 radical (unpaired) electrons. The molecule has 0 aliphatic rings. The van der Waals surface area contributed by atoms with E-state index in [1.807, 2.05) is 0 Å². The molecule has 0 unspecified atom stereocenters. The van der Waals surface area contributed by atoms with E-state index in [0.29, 0.717) is 10.4 Å². The van der Waals surface area contributed by atoms with Crippen LogP contribution in [0.1, 0.15) is 29.1 Å². The Morgan fingerprint density at radius 3 is 2.70 bits per heavy atom. The number of thiophene rings is 1. The Kier molecular flexibility index (Phi) is 5.34. The zero-order valence-corrected chi connectivity index (χ0v) is 13.2. The second-order valence-electron chi connectivity index (χ2n) is 4.84. The summed E-state index contributed by atoms with van der Waals surface area (Å²) in [4.78, 5) is 12.4. The first-order chi connectivity index (χ1) is 9.19. The molecule has 1 amide bonds. The van der Waals surface area contributed by atoms with Crippen LogP contribution in [0.5, 0.6) is 0 Å². The largest absolute Gasteiger partial charge is 0.384 e. The zero-order chi connectivity index (χ0) is 15.4. The lowest BCUT2D eigenvalue weighted by Gasteiger charge is -2.22. The van der Waals surface area contributed by atoms with Gasteiger partial charge in [-0.05, 0) is 25.3 Å². The van der Waals surface area contributed by atoms with E-state index < -0.39 is 14.6 Å². The predicted octanol–water partition coefficient (Wildman–Crippen LogP) is 0.645. The fourth-order valence-corrected chi connectivity index (χ4v) is 2.32. The minimum Gasteiger partial charge on any atom is -0.384 e. The molecule has 1 rings (SSSR count). The van der Waals surface area contributed by atoms with E-state index >= 15 is 0 Å². The van der Waals surface area contributed by atoms with Crippen molar-refractivity contribution >= 4 is 27.1 Å². The summed E-state index contributed by atoms with van der Waals surface area (Å²) in [6, 6.07) is 1.68. The Balaban J connectivity index is 2.81. The van der Waals surface area contributed by atoms with Gasteiger partial charge in [-0.1, -0.05) is 11.8 Å². The fraction of sp³-hybridized carbons (Fsp3) is 0.462. The van der Waals surface area contributed by atoms with E-state index in [4.69, 9.17) is 5.11 Å². The van der Waals surface area contributed by atoms with Gasteiger partial charge in [0.2, 0.25) is 0 Å². The molecule has 20 heavy (non-hydrogen) atoms. The van der Waals surface area contributed by atoms with Crippen LogP contribution in [0.4, 0.5) is 0 Å². The van der Waals surface area contributed by atoms with Crippen LogP contribution in [0.3, 0.4) is 0 Å². The molecule has 2 N–H and O–H groups in total. The summed E-state index contributed by atoms with van der Waals surface area (Å²) in [7, 11) is -3.26. The summed E-state index contributed by atoms with van der Waals surface area (Å²) >= 11 is 1.22.